The van der Waals surface area contributed by atoms with Crippen LogP contribution in [-0.4, -0.2) is 29.6 Å². The highest BCUT2D eigenvalue weighted by atomic mass is 16.5. The molecule has 0 bridgehead atoms. The Hall–Kier alpha value is -2.82. The van der Waals surface area contributed by atoms with E-state index in [1.807, 2.05) is 34.7 Å². The summed E-state index contributed by atoms with van der Waals surface area (Å²) in [4.78, 5) is 16.1. The van der Waals surface area contributed by atoms with E-state index >= 15 is 0 Å². The largest absolute Gasteiger partial charge is 0.497 e. The molecule has 0 atom stereocenters. The van der Waals surface area contributed by atoms with Crippen molar-refractivity contribution in [3.05, 3.63) is 65.7 Å². The fourth-order valence-corrected chi connectivity index (χ4v) is 2.34. The molecular formula is C17H16N2O3. The molecular weight excluding hydrogens is 280 g/mol. The van der Waals surface area contributed by atoms with Gasteiger partial charge in [0.1, 0.15) is 11.6 Å². The molecule has 0 N–H and O–H groups in total. The van der Waals surface area contributed by atoms with Crippen molar-refractivity contribution in [2.75, 3.05) is 14.2 Å². The highest BCUT2D eigenvalue weighted by molar-refractivity contribution is 5.89. The lowest BCUT2D eigenvalue weighted by Crippen LogP contribution is -2.04. The molecule has 22 heavy (non-hydrogen) atoms. The molecule has 0 unspecified atom stereocenters. The summed E-state index contributed by atoms with van der Waals surface area (Å²) in [5, 5.41) is 0. The first-order chi connectivity index (χ1) is 10.7. The molecule has 112 valence electrons. The lowest BCUT2D eigenvalue weighted by atomic mass is 10.1. The number of carbonyl (C=O) groups is 1. The van der Waals surface area contributed by atoms with E-state index in [9.17, 15) is 4.79 Å². The number of esters is 1. The second-order valence-corrected chi connectivity index (χ2v) is 4.90. The summed E-state index contributed by atoms with van der Waals surface area (Å²) in [5.41, 5.74) is 2.57. The zero-order chi connectivity index (χ0) is 15.5. The van der Waals surface area contributed by atoms with E-state index in [1.165, 1.54) is 7.11 Å². The zero-order valence-electron chi connectivity index (χ0n) is 12.4. The van der Waals surface area contributed by atoms with Gasteiger partial charge < -0.3 is 13.9 Å². The molecule has 0 aliphatic heterocycles. The maximum atomic E-state index is 11.6. The Kier molecular flexibility index (Phi) is 3.78. The van der Waals surface area contributed by atoms with Gasteiger partial charge >= 0.3 is 5.97 Å². The average Bonchev–Trinajstić information content (AvgIpc) is 2.97. The summed E-state index contributed by atoms with van der Waals surface area (Å²) in [6.45, 7) is 0. The number of nitrogens with zero attached hydrogens (tertiary/aromatic N) is 2. The van der Waals surface area contributed by atoms with E-state index in [1.54, 1.807) is 25.6 Å². The van der Waals surface area contributed by atoms with E-state index in [0.29, 0.717) is 12.0 Å². The standard InChI is InChI=1S/C17H16N2O3/c1-21-15-7-3-12(4-8-15)9-16-18-10-14-6-5-13(11-19(14)16)17(20)22-2/h3-8,10-11H,9H2,1-2H3. The number of carbonyl (C=O) groups excluding carboxylic acids is 1. The monoisotopic (exact) mass is 296 g/mol. The normalized spacial score (nSPS) is 10.6. The molecule has 2 aromatic heterocycles. The van der Waals surface area contributed by atoms with Gasteiger partial charge in [-0.25, -0.2) is 9.78 Å². The summed E-state index contributed by atoms with van der Waals surface area (Å²) in [7, 11) is 3.02. The molecule has 3 rings (SSSR count). The molecule has 0 saturated heterocycles. The molecule has 5 nitrogen and oxygen atoms in total. The predicted molar refractivity (Wildman–Crippen MR) is 82.3 cm³/mol. The lowest BCUT2D eigenvalue weighted by Gasteiger charge is -2.05. The molecule has 0 aliphatic rings. The van der Waals surface area contributed by atoms with Crippen LogP contribution in [0.1, 0.15) is 21.7 Å². The SMILES string of the molecule is COC(=O)c1ccc2cnc(Cc3ccc(OC)cc3)n2c1. The van der Waals surface area contributed by atoms with E-state index in [4.69, 9.17) is 9.47 Å². The third-order valence-corrected chi connectivity index (χ3v) is 3.55. The van der Waals surface area contributed by atoms with Crippen molar-refractivity contribution in [3.63, 3.8) is 0 Å². The van der Waals surface area contributed by atoms with Crippen LogP contribution < -0.4 is 4.74 Å². The summed E-state index contributed by atoms with van der Waals surface area (Å²) < 4.78 is 11.8. The number of benzene rings is 1. The maximum Gasteiger partial charge on any atom is 0.339 e. The Labute approximate surface area is 128 Å². The molecule has 0 amide bonds. The summed E-state index contributed by atoms with van der Waals surface area (Å²) in [5.74, 6) is 1.33. The van der Waals surface area contributed by atoms with Crippen LogP contribution in [-0.2, 0) is 11.2 Å². The van der Waals surface area contributed by atoms with Gasteiger partial charge in [0.25, 0.3) is 0 Å². The number of hydrogen-bond acceptors (Lipinski definition) is 4. The van der Waals surface area contributed by atoms with Crippen LogP contribution in [0.25, 0.3) is 5.52 Å². The van der Waals surface area contributed by atoms with Crippen molar-refractivity contribution in [3.8, 4) is 5.75 Å². The van der Waals surface area contributed by atoms with Crippen LogP contribution in [0, 0.1) is 0 Å². The first-order valence-corrected chi connectivity index (χ1v) is 6.88. The Balaban J connectivity index is 1.94. The van der Waals surface area contributed by atoms with Gasteiger partial charge in [0.05, 0.1) is 31.5 Å². The van der Waals surface area contributed by atoms with Crippen molar-refractivity contribution in [2.45, 2.75) is 6.42 Å². The Morgan fingerprint density at radius 2 is 1.91 bits per heavy atom. The highest BCUT2D eigenvalue weighted by Gasteiger charge is 2.10. The molecule has 0 fully saturated rings. The number of hydrogen-bond donors (Lipinski definition) is 0. The molecule has 0 radical (unpaired) electrons. The Morgan fingerprint density at radius 1 is 1.14 bits per heavy atom. The summed E-state index contributed by atoms with van der Waals surface area (Å²) >= 11 is 0. The van der Waals surface area contributed by atoms with Crippen LogP contribution in [0.4, 0.5) is 0 Å². The molecule has 5 heteroatoms. The van der Waals surface area contributed by atoms with Gasteiger partial charge in [-0.3, -0.25) is 0 Å². The van der Waals surface area contributed by atoms with Gasteiger partial charge in [0.15, 0.2) is 0 Å². The van der Waals surface area contributed by atoms with Crippen LogP contribution in [0.3, 0.4) is 0 Å². The van der Waals surface area contributed by atoms with Gasteiger partial charge in [-0.05, 0) is 29.8 Å². The molecule has 1 aromatic carbocycles. The first kappa shape index (κ1) is 14.1. The van der Waals surface area contributed by atoms with Crippen molar-refractivity contribution in [1.29, 1.82) is 0 Å². The van der Waals surface area contributed by atoms with E-state index in [-0.39, 0.29) is 5.97 Å². The second-order valence-electron chi connectivity index (χ2n) is 4.90. The maximum absolute atomic E-state index is 11.6. The van der Waals surface area contributed by atoms with Crippen LogP contribution >= 0.6 is 0 Å². The topological polar surface area (TPSA) is 52.8 Å². The minimum Gasteiger partial charge on any atom is -0.497 e. The molecule has 0 spiro atoms. The molecule has 2 heterocycles. The summed E-state index contributed by atoms with van der Waals surface area (Å²) in [6, 6.07) is 11.4. The van der Waals surface area contributed by atoms with Crippen molar-refractivity contribution in [1.82, 2.24) is 9.38 Å². The van der Waals surface area contributed by atoms with Crippen LogP contribution in [0.2, 0.25) is 0 Å². The number of methoxy groups -OCH3 is 2. The number of rotatable bonds is 4. The number of aromatic nitrogens is 2. The van der Waals surface area contributed by atoms with Crippen LogP contribution in [0.5, 0.6) is 5.75 Å². The Morgan fingerprint density at radius 3 is 2.59 bits per heavy atom. The average molecular weight is 296 g/mol. The zero-order valence-corrected chi connectivity index (χ0v) is 12.4. The fourth-order valence-electron chi connectivity index (χ4n) is 2.34. The van der Waals surface area contributed by atoms with Crippen molar-refractivity contribution < 1.29 is 14.3 Å². The molecule has 0 saturated carbocycles. The number of pyridine rings is 1. The van der Waals surface area contributed by atoms with Crippen LogP contribution in [0.15, 0.2) is 48.8 Å². The minimum atomic E-state index is -0.356. The molecule has 0 aliphatic carbocycles. The van der Waals surface area contributed by atoms with Gasteiger partial charge in [0.2, 0.25) is 0 Å². The van der Waals surface area contributed by atoms with Crippen molar-refractivity contribution in [2.24, 2.45) is 0 Å². The minimum absolute atomic E-state index is 0.356. The van der Waals surface area contributed by atoms with Gasteiger partial charge in [-0.15, -0.1) is 0 Å². The van der Waals surface area contributed by atoms with E-state index in [2.05, 4.69) is 4.98 Å². The Bertz CT molecular complexity index is 806. The predicted octanol–water partition coefficient (Wildman–Crippen LogP) is 2.72. The second kappa shape index (κ2) is 5.89. The van der Waals surface area contributed by atoms with Crippen molar-refractivity contribution >= 4 is 11.5 Å². The van der Waals surface area contributed by atoms with E-state index in [0.717, 1.165) is 22.7 Å². The third-order valence-electron chi connectivity index (χ3n) is 3.55. The highest BCUT2D eigenvalue weighted by Crippen LogP contribution is 2.16. The van der Waals surface area contributed by atoms with Gasteiger partial charge in [-0.1, -0.05) is 12.1 Å². The smallest absolute Gasteiger partial charge is 0.339 e. The first-order valence-electron chi connectivity index (χ1n) is 6.88. The number of imidazole rings is 1. The van der Waals surface area contributed by atoms with Gasteiger partial charge in [0, 0.05) is 12.6 Å². The number of ether oxygens (including phenoxy) is 2. The number of fused-ring (bicyclic) bond motifs is 1. The fraction of sp³-hybridized carbons (Fsp3) is 0.176. The molecule has 3 aromatic rings. The quantitative estimate of drug-likeness (QED) is 0.695. The lowest BCUT2D eigenvalue weighted by molar-refractivity contribution is 0.0600. The third kappa shape index (κ3) is 2.65. The van der Waals surface area contributed by atoms with E-state index < -0.39 is 0 Å². The van der Waals surface area contributed by atoms with Gasteiger partial charge in [-0.2, -0.15) is 0 Å². The summed E-state index contributed by atoms with van der Waals surface area (Å²) in [6.07, 6.45) is 4.22.